The molecule has 4 rings (SSSR count). The second-order valence-corrected chi connectivity index (χ2v) is 8.10. The number of carbonyl (C=O) groups excluding carboxylic acids is 2. The van der Waals surface area contributed by atoms with Gasteiger partial charge in [0.25, 0.3) is 5.91 Å². The fourth-order valence-corrected chi connectivity index (χ4v) is 2.86. The summed E-state index contributed by atoms with van der Waals surface area (Å²) in [6, 6.07) is 27.8. The summed E-state index contributed by atoms with van der Waals surface area (Å²) >= 11 is 0. The molecule has 0 atom stereocenters. The van der Waals surface area contributed by atoms with Crippen molar-refractivity contribution in [2.24, 2.45) is 5.92 Å². The summed E-state index contributed by atoms with van der Waals surface area (Å²) in [5, 5.41) is 5.19. The Labute approximate surface area is 203 Å². The van der Waals surface area contributed by atoms with Crippen LogP contribution in [-0.2, 0) is 11.2 Å². The van der Waals surface area contributed by atoms with Gasteiger partial charge < -0.3 is 15.4 Å². The van der Waals surface area contributed by atoms with Crippen molar-refractivity contribution in [2.75, 3.05) is 19.7 Å². The fourth-order valence-electron chi connectivity index (χ4n) is 2.86. The Balaban J connectivity index is 0.000000222. The highest BCUT2D eigenvalue weighted by Crippen LogP contribution is 2.29. The summed E-state index contributed by atoms with van der Waals surface area (Å²) in [5.74, 6) is 1.36. The van der Waals surface area contributed by atoms with Crippen LogP contribution in [0.2, 0.25) is 0 Å². The SMILES string of the molecule is CCc1ccccc1.Cc1ccccc1.O=CNCCNC(=O)c1ccc(OCC2CC2)cc1. The van der Waals surface area contributed by atoms with Gasteiger partial charge in [-0.3, -0.25) is 9.59 Å². The molecule has 0 bridgehead atoms. The molecular weight excluding hydrogens is 424 g/mol. The number of amides is 2. The molecule has 5 nitrogen and oxygen atoms in total. The van der Waals surface area contributed by atoms with Gasteiger partial charge in [-0.05, 0) is 61.9 Å². The lowest BCUT2D eigenvalue weighted by Crippen LogP contribution is -2.31. The summed E-state index contributed by atoms with van der Waals surface area (Å²) in [7, 11) is 0. The maximum Gasteiger partial charge on any atom is 0.251 e. The zero-order chi connectivity index (χ0) is 24.4. The van der Waals surface area contributed by atoms with Gasteiger partial charge in [0.1, 0.15) is 5.75 Å². The van der Waals surface area contributed by atoms with E-state index in [1.54, 1.807) is 24.3 Å². The molecule has 1 aliphatic rings. The van der Waals surface area contributed by atoms with Crippen LogP contribution in [-0.4, -0.2) is 32.0 Å². The molecule has 0 aliphatic heterocycles. The predicted molar refractivity (Wildman–Crippen MR) is 138 cm³/mol. The quantitative estimate of drug-likeness (QED) is 0.341. The number of nitrogens with one attached hydrogen (secondary N) is 2. The van der Waals surface area contributed by atoms with Gasteiger partial charge in [0.05, 0.1) is 6.61 Å². The highest BCUT2D eigenvalue weighted by Gasteiger charge is 2.21. The fraction of sp³-hybridized carbons (Fsp3) is 0.310. The number of rotatable bonds is 9. The molecule has 3 aromatic rings. The molecule has 1 fully saturated rings. The van der Waals surface area contributed by atoms with Crippen molar-refractivity contribution in [3.63, 3.8) is 0 Å². The van der Waals surface area contributed by atoms with Crippen LogP contribution in [0.3, 0.4) is 0 Å². The van der Waals surface area contributed by atoms with Crippen molar-refractivity contribution in [3.05, 3.63) is 102 Å². The summed E-state index contributed by atoms with van der Waals surface area (Å²) in [6.45, 7) is 5.85. The molecule has 2 amide bonds. The molecule has 5 heteroatoms. The van der Waals surface area contributed by atoms with Crippen LogP contribution in [0.25, 0.3) is 0 Å². The van der Waals surface area contributed by atoms with Gasteiger partial charge in [-0.25, -0.2) is 0 Å². The van der Waals surface area contributed by atoms with E-state index in [-0.39, 0.29) is 5.91 Å². The lowest BCUT2D eigenvalue weighted by molar-refractivity contribution is -0.109. The first kappa shape index (κ1) is 26.7. The molecule has 1 aliphatic carbocycles. The number of benzene rings is 3. The molecule has 1 saturated carbocycles. The number of ether oxygens (including phenoxy) is 1. The number of hydrogen-bond donors (Lipinski definition) is 2. The zero-order valence-electron chi connectivity index (χ0n) is 20.2. The number of aryl methyl sites for hydroxylation is 2. The van der Waals surface area contributed by atoms with Crippen molar-refractivity contribution in [1.82, 2.24) is 10.6 Å². The van der Waals surface area contributed by atoms with Crippen LogP contribution in [0.1, 0.15) is 41.3 Å². The summed E-state index contributed by atoms with van der Waals surface area (Å²) < 4.78 is 5.60. The first-order chi connectivity index (χ1) is 16.6. The molecule has 34 heavy (non-hydrogen) atoms. The van der Waals surface area contributed by atoms with Crippen LogP contribution in [0, 0.1) is 12.8 Å². The van der Waals surface area contributed by atoms with Crippen LogP contribution in [0.4, 0.5) is 0 Å². The number of hydrogen-bond acceptors (Lipinski definition) is 3. The standard InChI is InChI=1S/C14H18N2O3.C8H10.C7H8/c17-10-15-7-8-16-14(18)12-3-5-13(6-4-12)19-9-11-1-2-11;1-2-8-6-4-3-5-7-8;1-7-5-3-2-4-6-7/h3-6,10-11H,1-2,7-9H2,(H,15,17)(H,16,18);3-7H,2H2,1H3;2-6H,1H3. The van der Waals surface area contributed by atoms with Crippen molar-refractivity contribution < 1.29 is 14.3 Å². The highest BCUT2D eigenvalue weighted by molar-refractivity contribution is 5.94. The summed E-state index contributed by atoms with van der Waals surface area (Å²) in [4.78, 5) is 21.8. The van der Waals surface area contributed by atoms with E-state index in [4.69, 9.17) is 4.74 Å². The van der Waals surface area contributed by atoms with Gasteiger partial charge in [-0.1, -0.05) is 73.2 Å². The molecule has 180 valence electrons. The Morgan fingerprint density at radius 2 is 1.53 bits per heavy atom. The third-order valence-corrected chi connectivity index (χ3v) is 5.13. The Morgan fingerprint density at radius 3 is 2.00 bits per heavy atom. The first-order valence-corrected chi connectivity index (χ1v) is 11.9. The first-order valence-electron chi connectivity index (χ1n) is 11.9. The monoisotopic (exact) mass is 460 g/mol. The average Bonchev–Trinajstić information content (AvgIpc) is 3.72. The molecule has 0 heterocycles. The normalized spacial score (nSPS) is 11.6. The lowest BCUT2D eigenvalue weighted by Gasteiger charge is -2.07. The van der Waals surface area contributed by atoms with Crippen molar-refractivity contribution in [1.29, 1.82) is 0 Å². The minimum absolute atomic E-state index is 0.151. The Kier molecular flexibility index (Phi) is 12.6. The van der Waals surface area contributed by atoms with Crippen molar-refractivity contribution >= 4 is 12.3 Å². The van der Waals surface area contributed by atoms with E-state index >= 15 is 0 Å². The second kappa shape index (κ2) is 16.1. The average molecular weight is 461 g/mol. The van der Waals surface area contributed by atoms with Crippen LogP contribution in [0.15, 0.2) is 84.9 Å². The number of carbonyl (C=O) groups is 2. The van der Waals surface area contributed by atoms with E-state index in [9.17, 15) is 9.59 Å². The largest absolute Gasteiger partial charge is 0.493 e. The van der Waals surface area contributed by atoms with Gasteiger partial charge >= 0.3 is 0 Å². The zero-order valence-corrected chi connectivity index (χ0v) is 20.2. The molecule has 0 spiro atoms. The second-order valence-electron chi connectivity index (χ2n) is 8.10. The Hall–Kier alpha value is -3.60. The van der Waals surface area contributed by atoms with E-state index in [2.05, 4.69) is 60.9 Å². The lowest BCUT2D eigenvalue weighted by atomic mass is 10.2. The minimum Gasteiger partial charge on any atom is -0.493 e. The molecule has 0 radical (unpaired) electrons. The van der Waals surface area contributed by atoms with Gasteiger partial charge in [0, 0.05) is 18.7 Å². The van der Waals surface area contributed by atoms with Gasteiger partial charge in [0.15, 0.2) is 0 Å². The smallest absolute Gasteiger partial charge is 0.251 e. The van der Waals surface area contributed by atoms with Crippen LogP contribution in [0.5, 0.6) is 5.75 Å². The Bertz CT molecular complexity index is 940. The molecule has 2 N–H and O–H groups in total. The molecule has 0 aromatic heterocycles. The third kappa shape index (κ3) is 11.9. The molecule has 0 saturated heterocycles. The van der Waals surface area contributed by atoms with E-state index in [0.29, 0.717) is 31.0 Å². The van der Waals surface area contributed by atoms with Gasteiger partial charge in [-0.15, -0.1) is 0 Å². The third-order valence-electron chi connectivity index (χ3n) is 5.13. The van der Waals surface area contributed by atoms with E-state index in [1.807, 2.05) is 24.3 Å². The maximum absolute atomic E-state index is 11.7. The Morgan fingerprint density at radius 1 is 0.912 bits per heavy atom. The van der Waals surface area contributed by atoms with Crippen LogP contribution >= 0.6 is 0 Å². The highest BCUT2D eigenvalue weighted by atomic mass is 16.5. The van der Waals surface area contributed by atoms with Crippen LogP contribution < -0.4 is 15.4 Å². The van der Waals surface area contributed by atoms with E-state index in [1.165, 1.54) is 24.0 Å². The van der Waals surface area contributed by atoms with Gasteiger partial charge in [-0.2, -0.15) is 0 Å². The van der Waals surface area contributed by atoms with Crippen molar-refractivity contribution in [3.8, 4) is 5.75 Å². The van der Waals surface area contributed by atoms with Gasteiger partial charge in [0.2, 0.25) is 6.41 Å². The minimum atomic E-state index is -0.151. The molecule has 3 aromatic carbocycles. The molecular formula is C29H36N2O3. The van der Waals surface area contributed by atoms with E-state index in [0.717, 1.165) is 18.8 Å². The topological polar surface area (TPSA) is 67.4 Å². The predicted octanol–water partition coefficient (Wildman–Crippen LogP) is 5.20. The summed E-state index contributed by atoms with van der Waals surface area (Å²) in [5.41, 5.74) is 3.32. The summed E-state index contributed by atoms with van der Waals surface area (Å²) in [6.07, 6.45) is 4.27. The molecule has 0 unspecified atom stereocenters. The van der Waals surface area contributed by atoms with Crippen molar-refractivity contribution in [2.45, 2.75) is 33.1 Å². The van der Waals surface area contributed by atoms with E-state index < -0.39 is 0 Å². The maximum atomic E-state index is 11.7.